The number of nitrogens with zero attached hydrogens (tertiary/aromatic N) is 2. The molecule has 20 heavy (non-hydrogen) atoms. The lowest BCUT2D eigenvalue weighted by Gasteiger charge is -2.02. The van der Waals surface area contributed by atoms with Gasteiger partial charge in [0, 0.05) is 17.8 Å². The SMILES string of the molecule is COc1ncccc1/C=C/c1cc(C)ccc1[N+](=O)[O-]. The van der Waals surface area contributed by atoms with Crippen LogP contribution in [0.15, 0.2) is 36.5 Å². The minimum absolute atomic E-state index is 0.0784. The molecule has 0 saturated heterocycles. The molecule has 1 aromatic carbocycles. The van der Waals surface area contributed by atoms with Gasteiger partial charge in [0.25, 0.3) is 5.69 Å². The van der Waals surface area contributed by atoms with Crippen LogP contribution in [-0.4, -0.2) is 17.0 Å². The van der Waals surface area contributed by atoms with Crippen LogP contribution in [0.25, 0.3) is 12.2 Å². The highest BCUT2D eigenvalue weighted by molar-refractivity contribution is 5.75. The van der Waals surface area contributed by atoms with Gasteiger partial charge in [0.05, 0.1) is 17.6 Å². The first kappa shape index (κ1) is 13.7. The van der Waals surface area contributed by atoms with Crippen LogP contribution in [0.5, 0.6) is 5.88 Å². The number of hydrogen-bond acceptors (Lipinski definition) is 4. The standard InChI is InChI=1S/C15H14N2O3/c1-11-5-8-14(17(18)19)13(10-11)7-6-12-4-3-9-16-15(12)20-2/h3-10H,1-2H3/b7-6+. The molecule has 2 rings (SSSR count). The molecule has 1 heterocycles. The van der Waals surface area contributed by atoms with Crippen molar-refractivity contribution in [3.63, 3.8) is 0 Å². The molecular formula is C15H14N2O3. The van der Waals surface area contributed by atoms with E-state index in [1.807, 2.05) is 13.0 Å². The number of aryl methyl sites for hydroxylation is 1. The fourth-order valence-corrected chi connectivity index (χ4v) is 1.85. The molecule has 0 atom stereocenters. The van der Waals surface area contributed by atoms with Gasteiger partial charge in [-0.3, -0.25) is 10.1 Å². The van der Waals surface area contributed by atoms with E-state index in [4.69, 9.17) is 4.74 Å². The Bertz CT molecular complexity index is 666. The van der Waals surface area contributed by atoms with Crippen molar-refractivity contribution >= 4 is 17.8 Å². The first-order chi connectivity index (χ1) is 9.61. The Morgan fingerprint density at radius 1 is 1.25 bits per heavy atom. The second kappa shape index (κ2) is 5.97. The summed E-state index contributed by atoms with van der Waals surface area (Å²) in [4.78, 5) is 14.7. The highest BCUT2D eigenvalue weighted by atomic mass is 16.6. The van der Waals surface area contributed by atoms with E-state index in [0.717, 1.165) is 11.1 Å². The third kappa shape index (κ3) is 3.00. The van der Waals surface area contributed by atoms with E-state index in [-0.39, 0.29) is 10.6 Å². The average molecular weight is 270 g/mol. The normalized spacial score (nSPS) is 10.7. The summed E-state index contributed by atoms with van der Waals surface area (Å²) in [6.45, 7) is 1.89. The summed E-state index contributed by atoms with van der Waals surface area (Å²) in [5.74, 6) is 0.485. The number of hydrogen-bond donors (Lipinski definition) is 0. The van der Waals surface area contributed by atoms with Crippen molar-refractivity contribution in [1.29, 1.82) is 0 Å². The lowest BCUT2D eigenvalue weighted by atomic mass is 10.1. The summed E-state index contributed by atoms with van der Waals surface area (Å²) in [5.41, 5.74) is 2.37. The molecule has 0 N–H and O–H groups in total. The zero-order chi connectivity index (χ0) is 14.5. The largest absolute Gasteiger partial charge is 0.481 e. The van der Waals surface area contributed by atoms with E-state index in [1.54, 1.807) is 36.5 Å². The predicted molar refractivity (Wildman–Crippen MR) is 77.6 cm³/mol. The molecule has 0 saturated carbocycles. The Morgan fingerprint density at radius 3 is 2.70 bits per heavy atom. The van der Waals surface area contributed by atoms with Crippen LogP contribution in [0.2, 0.25) is 0 Å². The zero-order valence-electron chi connectivity index (χ0n) is 11.2. The van der Waals surface area contributed by atoms with Crippen molar-refractivity contribution in [3.8, 4) is 5.88 Å². The third-order valence-electron chi connectivity index (χ3n) is 2.82. The Labute approximate surface area is 116 Å². The molecule has 102 valence electrons. The lowest BCUT2D eigenvalue weighted by Crippen LogP contribution is -1.92. The molecule has 0 amide bonds. The Kier molecular flexibility index (Phi) is 4.10. The molecule has 0 spiro atoms. The van der Waals surface area contributed by atoms with E-state index >= 15 is 0 Å². The van der Waals surface area contributed by atoms with Crippen molar-refractivity contribution in [2.24, 2.45) is 0 Å². The molecule has 0 radical (unpaired) electrons. The van der Waals surface area contributed by atoms with Crippen LogP contribution in [-0.2, 0) is 0 Å². The van der Waals surface area contributed by atoms with Gasteiger partial charge in [-0.15, -0.1) is 0 Å². The molecule has 2 aromatic rings. The first-order valence-electron chi connectivity index (χ1n) is 6.04. The molecular weight excluding hydrogens is 256 g/mol. The van der Waals surface area contributed by atoms with Gasteiger partial charge in [0.1, 0.15) is 0 Å². The van der Waals surface area contributed by atoms with Gasteiger partial charge in [-0.1, -0.05) is 11.6 Å². The molecule has 1 aromatic heterocycles. The lowest BCUT2D eigenvalue weighted by molar-refractivity contribution is -0.385. The Balaban J connectivity index is 2.41. The minimum atomic E-state index is -0.389. The van der Waals surface area contributed by atoms with Crippen molar-refractivity contribution < 1.29 is 9.66 Å². The number of nitro groups is 1. The number of rotatable bonds is 4. The van der Waals surface area contributed by atoms with Gasteiger partial charge in [0.15, 0.2) is 0 Å². The summed E-state index contributed by atoms with van der Waals surface area (Å²) in [7, 11) is 1.54. The van der Waals surface area contributed by atoms with Crippen LogP contribution in [0, 0.1) is 17.0 Å². The van der Waals surface area contributed by atoms with E-state index < -0.39 is 0 Å². The third-order valence-corrected chi connectivity index (χ3v) is 2.82. The average Bonchev–Trinajstić information content (AvgIpc) is 2.45. The summed E-state index contributed by atoms with van der Waals surface area (Å²) in [5, 5.41) is 11.0. The summed E-state index contributed by atoms with van der Waals surface area (Å²) in [6.07, 6.45) is 5.09. The van der Waals surface area contributed by atoms with Gasteiger partial charge in [0.2, 0.25) is 5.88 Å². The predicted octanol–water partition coefficient (Wildman–Crippen LogP) is 3.48. The monoisotopic (exact) mass is 270 g/mol. The van der Waals surface area contributed by atoms with Crippen LogP contribution < -0.4 is 4.74 Å². The van der Waals surface area contributed by atoms with Gasteiger partial charge in [-0.25, -0.2) is 4.98 Å². The fourth-order valence-electron chi connectivity index (χ4n) is 1.85. The zero-order valence-corrected chi connectivity index (χ0v) is 11.2. The second-order valence-corrected chi connectivity index (χ2v) is 4.25. The van der Waals surface area contributed by atoms with Crippen LogP contribution in [0.1, 0.15) is 16.7 Å². The van der Waals surface area contributed by atoms with Gasteiger partial charge in [-0.2, -0.15) is 0 Å². The van der Waals surface area contributed by atoms with E-state index in [1.165, 1.54) is 13.2 Å². The number of benzene rings is 1. The van der Waals surface area contributed by atoms with Crippen molar-refractivity contribution in [2.45, 2.75) is 6.92 Å². The van der Waals surface area contributed by atoms with E-state index in [9.17, 15) is 10.1 Å². The number of methoxy groups -OCH3 is 1. The molecule has 5 heteroatoms. The highest BCUT2D eigenvalue weighted by Crippen LogP contribution is 2.23. The van der Waals surface area contributed by atoms with Crippen molar-refractivity contribution in [2.75, 3.05) is 7.11 Å². The van der Waals surface area contributed by atoms with Crippen molar-refractivity contribution in [1.82, 2.24) is 4.98 Å². The van der Waals surface area contributed by atoms with Crippen molar-refractivity contribution in [3.05, 3.63) is 63.3 Å². The topological polar surface area (TPSA) is 65.3 Å². The smallest absolute Gasteiger partial charge is 0.276 e. The molecule has 0 bridgehead atoms. The molecule has 0 aliphatic rings. The van der Waals surface area contributed by atoms with Gasteiger partial charge >= 0.3 is 0 Å². The maximum absolute atomic E-state index is 11.0. The maximum atomic E-state index is 11.0. The number of nitro benzene ring substituents is 1. The van der Waals surface area contributed by atoms with Gasteiger partial charge < -0.3 is 4.74 Å². The molecule has 0 unspecified atom stereocenters. The minimum Gasteiger partial charge on any atom is -0.481 e. The maximum Gasteiger partial charge on any atom is 0.276 e. The highest BCUT2D eigenvalue weighted by Gasteiger charge is 2.11. The van der Waals surface area contributed by atoms with Crippen LogP contribution in [0.3, 0.4) is 0 Å². The van der Waals surface area contributed by atoms with E-state index in [2.05, 4.69) is 4.98 Å². The second-order valence-electron chi connectivity index (χ2n) is 4.25. The number of aromatic nitrogens is 1. The van der Waals surface area contributed by atoms with Gasteiger partial charge in [-0.05, 0) is 37.3 Å². The summed E-state index contributed by atoms with van der Waals surface area (Å²) in [6, 6.07) is 8.63. The molecule has 0 aliphatic carbocycles. The van der Waals surface area contributed by atoms with E-state index in [0.29, 0.717) is 11.4 Å². The van der Waals surface area contributed by atoms with Crippen LogP contribution in [0.4, 0.5) is 5.69 Å². The fraction of sp³-hybridized carbons (Fsp3) is 0.133. The Hall–Kier alpha value is -2.69. The summed E-state index contributed by atoms with van der Waals surface area (Å²) >= 11 is 0. The quantitative estimate of drug-likeness (QED) is 0.630. The Morgan fingerprint density at radius 2 is 2.00 bits per heavy atom. The first-order valence-corrected chi connectivity index (χ1v) is 6.04. The molecule has 5 nitrogen and oxygen atoms in total. The van der Waals surface area contributed by atoms with Crippen LogP contribution >= 0.6 is 0 Å². The number of pyridine rings is 1. The molecule has 0 aliphatic heterocycles. The summed E-state index contributed by atoms with van der Waals surface area (Å²) < 4.78 is 5.14. The number of ether oxygens (including phenoxy) is 1. The molecule has 0 fully saturated rings.